The number of nitrogens with zero attached hydrogens (tertiary/aromatic N) is 4. The number of urea groups is 1. The van der Waals surface area contributed by atoms with Crippen molar-refractivity contribution in [2.75, 3.05) is 66.1 Å². The fraction of sp³-hybridized carbons (Fsp3) is 0.680. The van der Waals surface area contributed by atoms with Crippen LogP contribution in [-0.4, -0.2) is 228 Å². The van der Waals surface area contributed by atoms with E-state index in [1.54, 1.807) is 63.9 Å². The summed E-state index contributed by atoms with van der Waals surface area (Å²) in [6.07, 6.45) is 0.126. The van der Waals surface area contributed by atoms with Crippen LogP contribution in [0.4, 0.5) is 19.7 Å². The number of anilines is 1. The van der Waals surface area contributed by atoms with Crippen LogP contribution in [0.25, 0.3) is 0 Å². The first-order valence-electron chi connectivity index (χ1n) is 36.9. The molecule has 2 aromatic rings. The average Bonchev–Trinajstić information content (AvgIpc) is 1.55. The first-order valence-corrected chi connectivity index (χ1v) is 38.0. The fourth-order valence-electron chi connectivity index (χ4n) is 14.0. The summed E-state index contributed by atoms with van der Waals surface area (Å²) >= 11 is 1.34. The minimum Gasteiger partial charge on any atom is -0.481 e. The molecule has 0 radical (unpaired) electrons. The Hall–Kier alpha value is -8.00. The molecule has 1 saturated carbocycles. The van der Waals surface area contributed by atoms with Crippen LogP contribution in [0.5, 0.6) is 0 Å². The van der Waals surface area contributed by atoms with Crippen LogP contribution in [0.3, 0.4) is 0 Å². The monoisotopic (exact) mass is 1510 g/mol. The van der Waals surface area contributed by atoms with E-state index in [-0.39, 0.29) is 118 Å². The number of amides is 12. The van der Waals surface area contributed by atoms with Crippen molar-refractivity contribution in [2.24, 2.45) is 40.7 Å². The van der Waals surface area contributed by atoms with E-state index in [2.05, 4.69) is 37.2 Å². The summed E-state index contributed by atoms with van der Waals surface area (Å²) in [6, 6.07) is 3.91. The van der Waals surface area contributed by atoms with Gasteiger partial charge in [0.15, 0.2) is 0 Å². The molecule has 1 aliphatic carbocycles. The third-order valence-electron chi connectivity index (χ3n) is 20.4. The number of aliphatic hydroxyl groups excluding tert-OH is 1. The van der Waals surface area contributed by atoms with Gasteiger partial charge in [0, 0.05) is 65.2 Å². The number of likely N-dealkylation sites (N-methyl/N-ethyl adjacent to an activating group) is 2. The number of ether oxygens (including phenoxy) is 3. The zero-order valence-electron chi connectivity index (χ0n) is 64.3. The minimum absolute atomic E-state index is 0.0376. The Bertz CT molecular complexity index is 3300. The lowest BCUT2D eigenvalue weighted by Crippen LogP contribution is -2.59. The smallest absolute Gasteiger partial charge is 0.408 e. The SMILES string of the molecule is CC[C@H](C)[C@@H]([C@@H](CC(=O)N1C[C@@H](O)C[C@H]1[C@H](OC)[C@@H](C)C(=O)N[C@H](C)C(NC(=O)OCc1ccc(NC(=O)[C@H](CCCNC(N)=O)NC(=O)[C@@H](NC(=O)CCCCCN2C(=O)CC(SCC3(CC(=O)O)CC3)C2=O)C(C)C)cc1)c1ccc(F)cc1)OC)N(C)C(=O)[C@@H](NC(=O)[C@H](C(C)C)N(C)C)C(C)C. The molecule has 12 amide bonds. The molecular formula is C75H117FN12O17S. The molecule has 0 spiro atoms. The third kappa shape index (κ3) is 26.2. The van der Waals surface area contributed by atoms with Gasteiger partial charge in [-0.3, -0.25) is 57.7 Å². The van der Waals surface area contributed by atoms with Crippen LogP contribution >= 0.6 is 11.8 Å². The second-order valence-electron chi connectivity index (χ2n) is 30.0. The Balaban J connectivity index is 1.17. The van der Waals surface area contributed by atoms with Crippen molar-refractivity contribution in [3.8, 4) is 0 Å². The topological polar surface area (TPSA) is 396 Å². The van der Waals surface area contributed by atoms with Crippen LogP contribution in [0.2, 0.25) is 0 Å². The van der Waals surface area contributed by atoms with Crippen molar-refractivity contribution in [3.63, 3.8) is 0 Å². The van der Waals surface area contributed by atoms with Gasteiger partial charge < -0.3 is 77.2 Å². The van der Waals surface area contributed by atoms with Crippen LogP contribution < -0.4 is 43.0 Å². The highest BCUT2D eigenvalue weighted by Crippen LogP contribution is 2.52. The van der Waals surface area contributed by atoms with Gasteiger partial charge in [-0.25, -0.2) is 14.0 Å². The Morgan fingerprint density at radius 2 is 1.42 bits per heavy atom. The molecule has 0 bridgehead atoms. The lowest BCUT2D eigenvalue weighted by molar-refractivity contribution is -0.148. The molecule has 106 heavy (non-hydrogen) atoms. The Morgan fingerprint density at radius 1 is 0.764 bits per heavy atom. The number of nitrogens with one attached hydrogen (secondary N) is 7. The van der Waals surface area contributed by atoms with E-state index < -0.39 is 137 Å². The number of β-amino-alcohol motifs (C(OH)–C–C–N with tert-alkyl or cyclic N) is 1. The number of carboxylic acid groups (broad SMARTS) is 1. The number of aliphatic carboxylic acids is 1. The van der Waals surface area contributed by atoms with E-state index in [1.165, 1.54) is 60.0 Å². The van der Waals surface area contributed by atoms with Crippen molar-refractivity contribution in [2.45, 2.75) is 231 Å². The number of methoxy groups -OCH3 is 2. The van der Waals surface area contributed by atoms with Gasteiger partial charge in [-0.1, -0.05) is 99.4 Å². The number of hydrogen-bond acceptors (Lipinski definition) is 18. The highest BCUT2D eigenvalue weighted by Gasteiger charge is 2.49. The Labute approximate surface area is 627 Å². The maximum Gasteiger partial charge on any atom is 0.408 e. The number of carboxylic acids is 1. The fourth-order valence-corrected chi connectivity index (χ4v) is 15.4. The Morgan fingerprint density at radius 3 is 1.98 bits per heavy atom. The number of rotatable bonds is 44. The van der Waals surface area contributed by atoms with Crippen molar-refractivity contribution in [1.29, 1.82) is 0 Å². The van der Waals surface area contributed by atoms with E-state index in [4.69, 9.17) is 19.9 Å². The number of carbonyl (C=O) groups excluding carboxylic acids is 11. The van der Waals surface area contributed by atoms with E-state index in [0.717, 1.165) is 12.8 Å². The lowest BCUT2D eigenvalue weighted by Gasteiger charge is -2.41. The largest absolute Gasteiger partial charge is 0.481 e. The highest BCUT2D eigenvalue weighted by molar-refractivity contribution is 8.00. The minimum atomic E-state index is -1.16. The van der Waals surface area contributed by atoms with Gasteiger partial charge in [-0.05, 0) is 130 Å². The van der Waals surface area contributed by atoms with Gasteiger partial charge in [0.1, 0.15) is 30.5 Å². The quantitative estimate of drug-likeness (QED) is 0.0285. The number of primary amides is 1. The van der Waals surface area contributed by atoms with Crippen LogP contribution in [0.15, 0.2) is 48.5 Å². The van der Waals surface area contributed by atoms with Gasteiger partial charge in [0.05, 0.1) is 72.5 Å². The summed E-state index contributed by atoms with van der Waals surface area (Å²) in [5.74, 6) is -6.63. The number of aliphatic hydroxyl groups is 1. The van der Waals surface area contributed by atoms with Crippen LogP contribution in [0, 0.1) is 40.8 Å². The third-order valence-corrected chi connectivity index (χ3v) is 21.9. The van der Waals surface area contributed by atoms with Gasteiger partial charge in [0.2, 0.25) is 53.2 Å². The van der Waals surface area contributed by atoms with E-state index in [0.29, 0.717) is 48.3 Å². The summed E-state index contributed by atoms with van der Waals surface area (Å²) in [5.41, 5.74) is 6.15. The molecule has 14 atom stereocenters. The number of imide groups is 1. The standard InChI is InChI=1S/C75H117FN12O17S/c1-16-45(8)65(86(13)72(100)62(43(4)5)83-70(98)64(44(6)7)85(11)12)55(103-14)36-58(91)88-39-52(89)35-54(88)66(104-15)46(9)67(95)79-47(10)63(49-25-27-50(76)28-26-49)84-74(102)105-40-48-23-29-51(30-24-48)80-68(96)53(21-20-33-78-73(77)101)81-69(97)61(42(2)3)82-57(90)22-18-17-19-34-87-59(92)37-56(71(87)99)106-41-75(31-32-75)38-60(93)94/h23-30,42-47,52-56,61-66,89H,16-22,31-41H2,1-15H3,(H,79,95)(H,80,96)(H,81,97)(H,82,90)(H,83,98)(H,84,102)(H,93,94)(H3,77,78,101)/t45-,46+,47+,52-,53-,54-,55+,56?,61-,62-,63?,64-,65-,66+/m0/s1. The molecule has 2 unspecified atom stereocenters. The molecule has 11 N–H and O–H groups in total. The summed E-state index contributed by atoms with van der Waals surface area (Å²) in [4.78, 5) is 167. The van der Waals surface area contributed by atoms with E-state index in [9.17, 15) is 72.1 Å². The molecule has 2 aromatic carbocycles. The molecule has 3 fully saturated rings. The first-order chi connectivity index (χ1) is 50.0. The highest BCUT2D eigenvalue weighted by atomic mass is 32.2. The zero-order chi connectivity index (χ0) is 79.0. The number of halogens is 1. The number of hydrogen-bond donors (Lipinski definition) is 10. The van der Waals surface area contributed by atoms with Gasteiger partial charge in [-0.15, -0.1) is 11.8 Å². The first kappa shape index (κ1) is 88.6. The number of thioether (sulfide) groups is 1. The molecule has 2 aliphatic heterocycles. The number of alkyl carbamates (subject to hydrolysis) is 1. The normalized spacial score (nSPS) is 19.4. The molecule has 0 aromatic heterocycles. The van der Waals surface area contributed by atoms with Crippen molar-refractivity contribution in [1.82, 2.24) is 51.5 Å². The van der Waals surface area contributed by atoms with Gasteiger partial charge in [-0.2, -0.15) is 0 Å². The molecule has 31 heteroatoms. The number of benzene rings is 2. The predicted molar refractivity (Wildman–Crippen MR) is 397 cm³/mol. The van der Waals surface area contributed by atoms with Crippen LogP contribution in [0.1, 0.15) is 170 Å². The molecule has 29 nitrogen and oxygen atoms in total. The molecule has 5 rings (SSSR count). The number of nitrogens with two attached hydrogens (primary N) is 1. The maximum atomic E-state index is 14.7. The zero-order valence-corrected chi connectivity index (χ0v) is 65.1. The number of likely N-dealkylation sites (tertiary alicyclic amines) is 2. The lowest BCUT2D eigenvalue weighted by atomic mass is 9.89. The van der Waals surface area contributed by atoms with Crippen LogP contribution in [-0.2, 0) is 68.8 Å². The predicted octanol–water partition coefficient (Wildman–Crippen LogP) is 5.60. The molecule has 592 valence electrons. The summed E-state index contributed by atoms with van der Waals surface area (Å²) in [7, 11) is 8.14. The summed E-state index contributed by atoms with van der Waals surface area (Å²) < 4.78 is 32.1. The molecule has 2 heterocycles. The van der Waals surface area contributed by atoms with Crippen molar-refractivity contribution in [3.05, 3.63) is 65.5 Å². The van der Waals surface area contributed by atoms with Gasteiger partial charge in [0.25, 0.3) is 0 Å². The average molecular weight is 1510 g/mol. The Kier molecular flexibility index (Phi) is 35.1. The van der Waals surface area contributed by atoms with Crippen molar-refractivity contribution >= 4 is 88.7 Å². The molecular weight excluding hydrogens is 1390 g/mol. The number of unbranched alkanes of at least 4 members (excludes halogenated alkanes) is 2. The second-order valence-corrected chi connectivity index (χ2v) is 31.2. The molecule has 2 saturated heterocycles. The van der Waals surface area contributed by atoms with Gasteiger partial charge >= 0.3 is 18.1 Å². The summed E-state index contributed by atoms with van der Waals surface area (Å²) in [5, 5.41) is 39.4. The number of carbonyl (C=O) groups is 12. The van der Waals surface area contributed by atoms with E-state index >= 15 is 0 Å². The maximum absolute atomic E-state index is 14.7. The van der Waals surface area contributed by atoms with Crippen molar-refractivity contribution < 1.29 is 86.3 Å². The summed E-state index contributed by atoms with van der Waals surface area (Å²) in [6.45, 7) is 18.2. The molecule has 3 aliphatic rings. The second kappa shape index (κ2) is 41.9. The van der Waals surface area contributed by atoms with E-state index in [1.807, 2.05) is 60.5 Å².